The molecule has 2 aliphatic heterocycles. The molecule has 6 heterocycles. The molecule has 1 fully saturated rings. The van der Waals surface area contributed by atoms with Crippen LogP contribution in [0.1, 0.15) is 34.7 Å². The summed E-state index contributed by atoms with van der Waals surface area (Å²) >= 11 is 0. The second-order valence-electron chi connectivity index (χ2n) is 8.43. The SMILES string of the molecule is Cc1cc(-c2nnc3cc(C(F)F)c(OCc4ccc5c(n4)CCN(C4COC4)C5)nn23)no1. The molecule has 2 aliphatic rings. The Morgan fingerprint density at radius 1 is 1.21 bits per heavy atom. The van der Waals surface area contributed by atoms with Gasteiger partial charge in [0.1, 0.15) is 12.4 Å². The first kappa shape index (κ1) is 21.1. The molecule has 0 radical (unpaired) electrons. The van der Waals surface area contributed by atoms with Gasteiger partial charge >= 0.3 is 0 Å². The number of aromatic nitrogens is 6. The summed E-state index contributed by atoms with van der Waals surface area (Å²) in [5.74, 6) is 0.639. The average Bonchev–Trinajstić information content (AvgIpc) is 3.41. The van der Waals surface area contributed by atoms with Crippen LogP contribution >= 0.6 is 0 Å². The fourth-order valence-electron chi connectivity index (χ4n) is 4.18. The van der Waals surface area contributed by atoms with Gasteiger partial charge < -0.3 is 14.0 Å². The van der Waals surface area contributed by atoms with Crippen molar-refractivity contribution in [2.75, 3.05) is 19.8 Å². The van der Waals surface area contributed by atoms with Gasteiger partial charge in [0, 0.05) is 31.3 Å². The molecule has 12 heteroatoms. The van der Waals surface area contributed by atoms with Crippen LogP contribution < -0.4 is 4.74 Å². The van der Waals surface area contributed by atoms with Crippen molar-refractivity contribution in [2.24, 2.45) is 0 Å². The van der Waals surface area contributed by atoms with Crippen LogP contribution in [0, 0.1) is 6.92 Å². The Labute approximate surface area is 192 Å². The molecule has 0 saturated carbocycles. The molecular weight excluding hydrogens is 448 g/mol. The summed E-state index contributed by atoms with van der Waals surface area (Å²) in [6.45, 7) is 5.06. The van der Waals surface area contributed by atoms with E-state index in [0.29, 0.717) is 23.2 Å². The molecule has 4 aromatic rings. The number of aryl methyl sites for hydroxylation is 1. The van der Waals surface area contributed by atoms with E-state index in [1.54, 1.807) is 13.0 Å². The summed E-state index contributed by atoms with van der Waals surface area (Å²) in [6, 6.07) is 7.25. The molecule has 0 spiro atoms. The maximum absolute atomic E-state index is 13.7. The Bertz CT molecular complexity index is 1350. The molecule has 1 saturated heterocycles. The van der Waals surface area contributed by atoms with Crippen LogP contribution in [0.2, 0.25) is 0 Å². The van der Waals surface area contributed by atoms with E-state index < -0.39 is 6.43 Å². The fraction of sp³-hybridized carbons (Fsp3) is 0.409. The van der Waals surface area contributed by atoms with Crippen molar-refractivity contribution in [3.63, 3.8) is 0 Å². The first-order chi connectivity index (χ1) is 16.5. The standard InChI is InChI=1S/C22H21F2N7O3/c1-12-6-18(29-34-12)21-27-26-19-7-16(20(23)24)22(28-31(19)21)33-9-14-3-2-13-8-30(15-10-32-11-15)5-4-17(13)25-14/h2-3,6-7,15,20H,4-5,8-11H2,1H3. The largest absolute Gasteiger partial charge is 0.470 e. The number of alkyl halides is 2. The lowest BCUT2D eigenvalue weighted by atomic mass is 10.0. The molecule has 0 unspecified atom stereocenters. The third-order valence-electron chi connectivity index (χ3n) is 6.11. The Kier molecular flexibility index (Phi) is 5.18. The normalized spacial score (nSPS) is 16.7. The van der Waals surface area contributed by atoms with E-state index in [-0.39, 0.29) is 29.5 Å². The summed E-state index contributed by atoms with van der Waals surface area (Å²) in [7, 11) is 0. The van der Waals surface area contributed by atoms with Gasteiger partial charge in [-0.2, -0.15) is 4.52 Å². The average molecular weight is 469 g/mol. The van der Waals surface area contributed by atoms with E-state index in [4.69, 9.17) is 19.0 Å². The molecule has 0 N–H and O–H groups in total. The Hall–Kier alpha value is -3.51. The minimum absolute atomic E-state index is 0.00616. The third-order valence-corrected chi connectivity index (χ3v) is 6.11. The first-order valence-corrected chi connectivity index (χ1v) is 11.0. The van der Waals surface area contributed by atoms with E-state index in [1.807, 2.05) is 12.1 Å². The maximum Gasteiger partial charge on any atom is 0.269 e. The first-order valence-electron chi connectivity index (χ1n) is 11.0. The van der Waals surface area contributed by atoms with Crippen molar-refractivity contribution >= 4 is 5.65 Å². The third kappa shape index (κ3) is 3.78. The summed E-state index contributed by atoms with van der Waals surface area (Å²) in [4.78, 5) is 7.12. The van der Waals surface area contributed by atoms with Crippen LogP contribution in [0.25, 0.3) is 17.2 Å². The van der Waals surface area contributed by atoms with Gasteiger partial charge in [0.05, 0.1) is 30.5 Å². The lowest BCUT2D eigenvalue weighted by Crippen LogP contribution is -2.50. The van der Waals surface area contributed by atoms with Crippen molar-refractivity contribution in [2.45, 2.75) is 39.0 Å². The van der Waals surface area contributed by atoms with Crippen LogP contribution in [0.5, 0.6) is 5.88 Å². The number of hydrogen-bond acceptors (Lipinski definition) is 9. The molecule has 0 amide bonds. The molecule has 0 aromatic carbocycles. The highest BCUT2D eigenvalue weighted by atomic mass is 19.3. The summed E-state index contributed by atoms with van der Waals surface area (Å²) in [5, 5.41) is 16.1. The smallest absolute Gasteiger partial charge is 0.269 e. The van der Waals surface area contributed by atoms with Crippen LogP contribution in [-0.2, 0) is 24.3 Å². The predicted molar refractivity (Wildman–Crippen MR) is 113 cm³/mol. The second kappa shape index (κ2) is 8.37. The number of ether oxygens (including phenoxy) is 2. The molecule has 176 valence electrons. The van der Waals surface area contributed by atoms with Gasteiger partial charge in [-0.25, -0.2) is 8.78 Å². The lowest BCUT2D eigenvalue weighted by molar-refractivity contribution is -0.0696. The van der Waals surface area contributed by atoms with Crippen molar-refractivity contribution in [1.82, 2.24) is 34.9 Å². The van der Waals surface area contributed by atoms with Gasteiger partial charge in [-0.15, -0.1) is 15.3 Å². The predicted octanol–water partition coefficient (Wildman–Crippen LogP) is 2.76. The monoisotopic (exact) mass is 469 g/mol. The number of nitrogens with zero attached hydrogens (tertiary/aromatic N) is 7. The highest BCUT2D eigenvalue weighted by Crippen LogP contribution is 2.30. The highest BCUT2D eigenvalue weighted by molar-refractivity contribution is 5.55. The number of fused-ring (bicyclic) bond motifs is 2. The van der Waals surface area contributed by atoms with Gasteiger partial charge in [0.2, 0.25) is 11.7 Å². The van der Waals surface area contributed by atoms with E-state index in [1.165, 1.54) is 16.1 Å². The Balaban J connectivity index is 1.25. The molecule has 4 aromatic heterocycles. The minimum Gasteiger partial charge on any atom is -0.470 e. The van der Waals surface area contributed by atoms with Gasteiger partial charge in [0.25, 0.3) is 6.43 Å². The Morgan fingerprint density at radius 3 is 2.82 bits per heavy atom. The van der Waals surface area contributed by atoms with E-state index >= 15 is 0 Å². The summed E-state index contributed by atoms with van der Waals surface area (Å²) in [5.41, 5.74) is 3.03. The number of halogens is 2. The molecule has 0 atom stereocenters. The summed E-state index contributed by atoms with van der Waals surface area (Å²) < 4.78 is 44.9. The molecule has 0 aliphatic carbocycles. The van der Waals surface area contributed by atoms with Gasteiger partial charge in [-0.3, -0.25) is 9.88 Å². The van der Waals surface area contributed by atoms with E-state index in [0.717, 1.165) is 38.4 Å². The quantitative estimate of drug-likeness (QED) is 0.422. The van der Waals surface area contributed by atoms with E-state index in [2.05, 4.69) is 25.4 Å². The van der Waals surface area contributed by atoms with Crippen LogP contribution in [0.3, 0.4) is 0 Å². The molecular formula is C22H21F2N7O3. The van der Waals surface area contributed by atoms with Gasteiger partial charge in [-0.05, 0) is 24.6 Å². The number of hydrogen-bond donors (Lipinski definition) is 0. The number of rotatable bonds is 6. The van der Waals surface area contributed by atoms with E-state index in [9.17, 15) is 8.78 Å². The van der Waals surface area contributed by atoms with Gasteiger partial charge in [-0.1, -0.05) is 11.2 Å². The summed E-state index contributed by atoms with van der Waals surface area (Å²) in [6.07, 6.45) is -1.97. The fourth-order valence-corrected chi connectivity index (χ4v) is 4.18. The van der Waals surface area contributed by atoms with Crippen LogP contribution in [-0.4, -0.2) is 60.7 Å². The zero-order valence-corrected chi connectivity index (χ0v) is 18.3. The zero-order chi connectivity index (χ0) is 23.2. The van der Waals surface area contributed by atoms with Crippen LogP contribution in [0.15, 0.2) is 28.8 Å². The minimum atomic E-state index is -2.79. The molecule has 6 rings (SSSR count). The lowest BCUT2D eigenvalue weighted by Gasteiger charge is -2.39. The Morgan fingerprint density at radius 2 is 2.09 bits per heavy atom. The second-order valence-corrected chi connectivity index (χ2v) is 8.43. The molecule has 34 heavy (non-hydrogen) atoms. The van der Waals surface area contributed by atoms with Crippen molar-refractivity contribution in [3.05, 3.63) is 52.5 Å². The van der Waals surface area contributed by atoms with Gasteiger partial charge in [0.15, 0.2) is 11.3 Å². The topological polar surface area (TPSA) is 104 Å². The van der Waals surface area contributed by atoms with Crippen molar-refractivity contribution in [1.29, 1.82) is 0 Å². The van der Waals surface area contributed by atoms with Crippen LogP contribution in [0.4, 0.5) is 8.78 Å². The molecule has 10 nitrogen and oxygen atoms in total. The highest BCUT2D eigenvalue weighted by Gasteiger charge is 2.29. The zero-order valence-electron chi connectivity index (χ0n) is 18.3. The number of pyridine rings is 1. The maximum atomic E-state index is 13.7. The van der Waals surface area contributed by atoms with Crippen molar-refractivity contribution < 1.29 is 22.8 Å². The van der Waals surface area contributed by atoms with Crippen molar-refractivity contribution in [3.8, 4) is 17.4 Å². The molecule has 0 bridgehead atoms.